The van der Waals surface area contributed by atoms with Crippen molar-refractivity contribution in [3.63, 3.8) is 0 Å². The zero-order valence-corrected chi connectivity index (χ0v) is 17.1. The maximum Gasteiger partial charge on any atom is 0.309 e. The van der Waals surface area contributed by atoms with Crippen LogP contribution < -0.4 is 0 Å². The highest BCUT2D eigenvalue weighted by atomic mass is 16.6. The molecule has 0 unspecified atom stereocenters. The molecular weight excluding hydrogens is 376 g/mol. The van der Waals surface area contributed by atoms with Crippen LogP contribution in [0.25, 0.3) is 0 Å². The van der Waals surface area contributed by atoms with Gasteiger partial charge in [-0.25, -0.2) is 0 Å². The molecule has 0 saturated heterocycles. The monoisotopic (exact) mass is 404 g/mol. The Balaban J connectivity index is 2.07. The number of aliphatic hydroxyl groups excluding tert-OH is 1. The first-order chi connectivity index (χ1) is 14.6. The van der Waals surface area contributed by atoms with E-state index in [0.717, 1.165) is 6.42 Å². The molecule has 0 aromatic heterocycles. The third-order valence-electron chi connectivity index (χ3n) is 5.18. The minimum absolute atomic E-state index is 0.114. The molecule has 4 nitrogen and oxygen atoms in total. The molecule has 4 heteroatoms. The molecule has 0 saturated carbocycles. The van der Waals surface area contributed by atoms with E-state index in [-0.39, 0.29) is 6.42 Å². The van der Waals surface area contributed by atoms with Crippen LogP contribution in [0.3, 0.4) is 0 Å². The van der Waals surface area contributed by atoms with Crippen molar-refractivity contribution in [1.29, 1.82) is 0 Å². The van der Waals surface area contributed by atoms with Gasteiger partial charge >= 0.3 is 5.97 Å². The standard InChI is InChI=1S/C26H28O4/c1-2-12-23(27)19-24(28)30-25(20-13-6-3-7-14-20)26(29,21-15-8-4-9-16-21)22-17-10-5-11-18-22/h3-11,13-18,23,25,27,29H,2,12,19H2,1H3/t23-,25-/m1/s1. The molecule has 0 heterocycles. The summed E-state index contributed by atoms with van der Waals surface area (Å²) in [6, 6.07) is 27.6. The minimum Gasteiger partial charge on any atom is -0.454 e. The zero-order valence-electron chi connectivity index (χ0n) is 17.1. The summed E-state index contributed by atoms with van der Waals surface area (Å²) in [6.45, 7) is 1.95. The number of ether oxygens (including phenoxy) is 1. The van der Waals surface area contributed by atoms with E-state index in [4.69, 9.17) is 4.74 Å². The number of aliphatic hydroxyl groups is 2. The Kier molecular flexibility index (Phi) is 7.39. The average Bonchev–Trinajstić information content (AvgIpc) is 2.79. The fourth-order valence-electron chi connectivity index (χ4n) is 3.68. The highest BCUT2D eigenvalue weighted by Crippen LogP contribution is 2.43. The molecular formula is C26H28O4. The second kappa shape index (κ2) is 10.2. The number of benzene rings is 3. The van der Waals surface area contributed by atoms with E-state index in [9.17, 15) is 15.0 Å². The van der Waals surface area contributed by atoms with Gasteiger partial charge in [0.2, 0.25) is 0 Å². The third kappa shape index (κ3) is 4.96. The van der Waals surface area contributed by atoms with Crippen LogP contribution in [0.2, 0.25) is 0 Å². The number of hydrogen-bond donors (Lipinski definition) is 2. The van der Waals surface area contributed by atoms with Gasteiger partial charge in [-0.15, -0.1) is 0 Å². The maximum atomic E-state index is 12.7. The van der Waals surface area contributed by atoms with Gasteiger partial charge in [0.05, 0.1) is 12.5 Å². The first-order valence-electron chi connectivity index (χ1n) is 10.3. The molecule has 0 amide bonds. The number of rotatable bonds is 9. The van der Waals surface area contributed by atoms with Crippen LogP contribution in [0.1, 0.15) is 49.0 Å². The lowest BCUT2D eigenvalue weighted by Gasteiger charge is -2.37. The lowest BCUT2D eigenvalue weighted by molar-refractivity contribution is -0.165. The summed E-state index contributed by atoms with van der Waals surface area (Å²) in [5.74, 6) is -0.546. The molecule has 3 aromatic rings. The van der Waals surface area contributed by atoms with Gasteiger partial charge in [-0.05, 0) is 23.1 Å². The molecule has 0 aliphatic carbocycles. The van der Waals surface area contributed by atoms with Crippen molar-refractivity contribution in [2.45, 2.75) is 44.0 Å². The van der Waals surface area contributed by atoms with E-state index in [2.05, 4.69) is 0 Å². The molecule has 2 N–H and O–H groups in total. The maximum absolute atomic E-state index is 12.7. The SMILES string of the molecule is CCC[C@@H](O)CC(=O)O[C@H](c1ccccc1)C(O)(c1ccccc1)c1ccccc1. The van der Waals surface area contributed by atoms with Crippen LogP contribution >= 0.6 is 0 Å². The minimum atomic E-state index is -1.60. The normalized spacial score (nSPS) is 13.4. The molecule has 0 fully saturated rings. The van der Waals surface area contributed by atoms with Crippen molar-refractivity contribution >= 4 is 5.97 Å². The lowest BCUT2D eigenvalue weighted by atomic mass is 9.79. The highest BCUT2D eigenvalue weighted by Gasteiger charge is 2.44. The summed E-state index contributed by atoms with van der Waals surface area (Å²) in [5.41, 5.74) is 0.305. The van der Waals surface area contributed by atoms with Crippen LogP contribution in [0.4, 0.5) is 0 Å². The second-order valence-corrected chi connectivity index (χ2v) is 7.43. The second-order valence-electron chi connectivity index (χ2n) is 7.43. The first-order valence-corrected chi connectivity index (χ1v) is 10.3. The molecule has 0 radical (unpaired) electrons. The molecule has 30 heavy (non-hydrogen) atoms. The summed E-state index contributed by atoms with van der Waals surface area (Å²) in [5, 5.41) is 22.2. The van der Waals surface area contributed by atoms with Crippen molar-refractivity contribution in [3.05, 3.63) is 108 Å². The number of carbonyl (C=O) groups excluding carboxylic acids is 1. The first kappa shape index (κ1) is 21.8. The van der Waals surface area contributed by atoms with Crippen LogP contribution in [0, 0.1) is 0 Å². The summed E-state index contributed by atoms with van der Waals surface area (Å²) in [7, 11) is 0. The van der Waals surface area contributed by atoms with E-state index in [1.165, 1.54) is 0 Å². The summed E-state index contributed by atoms with van der Waals surface area (Å²) in [6.07, 6.45) is -0.566. The topological polar surface area (TPSA) is 66.8 Å². The zero-order chi connectivity index (χ0) is 21.4. The lowest BCUT2D eigenvalue weighted by Crippen LogP contribution is -2.38. The number of esters is 1. The molecule has 3 aromatic carbocycles. The van der Waals surface area contributed by atoms with Crippen LogP contribution in [-0.2, 0) is 15.1 Å². The summed E-state index contributed by atoms with van der Waals surface area (Å²) < 4.78 is 5.88. The number of carbonyl (C=O) groups is 1. The Morgan fingerprint density at radius 2 is 1.33 bits per heavy atom. The van der Waals surface area contributed by atoms with Gasteiger partial charge in [-0.2, -0.15) is 0 Å². The van der Waals surface area contributed by atoms with Crippen LogP contribution in [0.15, 0.2) is 91.0 Å². The summed E-state index contributed by atoms with van der Waals surface area (Å²) in [4.78, 5) is 12.7. The highest BCUT2D eigenvalue weighted by molar-refractivity contribution is 5.70. The Morgan fingerprint density at radius 1 is 0.867 bits per heavy atom. The Bertz CT molecular complexity index is 870. The molecule has 0 aliphatic rings. The average molecular weight is 405 g/mol. The van der Waals surface area contributed by atoms with Gasteiger partial charge in [-0.3, -0.25) is 4.79 Å². The van der Waals surface area contributed by atoms with Crippen LogP contribution in [-0.4, -0.2) is 22.3 Å². The van der Waals surface area contributed by atoms with Crippen molar-refractivity contribution in [3.8, 4) is 0 Å². The molecule has 2 atom stereocenters. The van der Waals surface area contributed by atoms with Crippen LogP contribution in [0.5, 0.6) is 0 Å². The van der Waals surface area contributed by atoms with E-state index >= 15 is 0 Å². The van der Waals surface area contributed by atoms with E-state index in [1.54, 1.807) is 0 Å². The van der Waals surface area contributed by atoms with Crippen molar-refractivity contribution < 1.29 is 19.7 Å². The quantitative estimate of drug-likeness (QED) is 0.505. The summed E-state index contributed by atoms with van der Waals surface area (Å²) >= 11 is 0. The molecule has 3 rings (SSSR count). The Hall–Kier alpha value is -2.95. The van der Waals surface area contributed by atoms with E-state index in [0.29, 0.717) is 23.1 Å². The predicted molar refractivity (Wildman–Crippen MR) is 117 cm³/mol. The van der Waals surface area contributed by atoms with Crippen molar-refractivity contribution in [2.24, 2.45) is 0 Å². The largest absolute Gasteiger partial charge is 0.454 e. The van der Waals surface area contributed by atoms with Gasteiger partial charge in [0.1, 0.15) is 0 Å². The predicted octanol–water partition coefficient (Wildman–Crippen LogP) is 4.76. The van der Waals surface area contributed by atoms with E-state index < -0.39 is 23.8 Å². The van der Waals surface area contributed by atoms with Gasteiger partial charge in [0.25, 0.3) is 0 Å². The molecule has 0 aliphatic heterocycles. The van der Waals surface area contributed by atoms with Crippen molar-refractivity contribution in [1.82, 2.24) is 0 Å². The third-order valence-corrected chi connectivity index (χ3v) is 5.18. The van der Waals surface area contributed by atoms with Gasteiger partial charge in [0, 0.05) is 0 Å². The fraction of sp³-hybridized carbons (Fsp3) is 0.269. The van der Waals surface area contributed by atoms with Gasteiger partial charge in [-0.1, -0.05) is 104 Å². The Morgan fingerprint density at radius 3 is 1.80 bits per heavy atom. The molecule has 0 spiro atoms. The fourth-order valence-corrected chi connectivity index (χ4v) is 3.68. The molecule has 0 bridgehead atoms. The number of hydrogen-bond acceptors (Lipinski definition) is 4. The van der Waals surface area contributed by atoms with E-state index in [1.807, 2.05) is 97.9 Å². The van der Waals surface area contributed by atoms with Crippen molar-refractivity contribution in [2.75, 3.05) is 0 Å². The molecule has 156 valence electrons. The van der Waals surface area contributed by atoms with Gasteiger partial charge in [0.15, 0.2) is 11.7 Å². The smallest absolute Gasteiger partial charge is 0.309 e. The van der Waals surface area contributed by atoms with Gasteiger partial charge < -0.3 is 14.9 Å². The Labute approximate surface area is 177 Å².